The fraction of sp³-hybridized carbons (Fsp3) is 0.278. The molecule has 2 aromatic carbocycles. The lowest BCUT2D eigenvalue weighted by Gasteiger charge is -2.12. The Morgan fingerprint density at radius 3 is 2.46 bits per heavy atom. The van der Waals surface area contributed by atoms with Crippen molar-refractivity contribution in [2.75, 3.05) is 13.7 Å². The average Bonchev–Trinajstić information content (AvgIpc) is 2.60. The van der Waals surface area contributed by atoms with Crippen LogP contribution in [0.5, 0.6) is 11.5 Å². The van der Waals surface area contributed by atoms with E-state index in [1.54, 1.807) is 13.2 Å². The van der Waals surface area contributed by atoms with E-state index >= 15 is 0 Å². The van der Waals surface area contributed by atoms with Crippen LogP contribution in [-0.2, 0) is 13.1 Å². The minimum Gasteiger partial charge on any atom is -0.505 e. The molecule has 0 aliphatic carbocycles. The van der Waals surface area contributed by atoms with Gasteiger partial charge in [0.2, 0.25) is 0 Å². The number of phenolic OH excluding ortho intramolecular Hbond substituents is 1. The van der Waals surface area contributed by atoms with Crippen molar-refractivity contribution in [3.63, 3.8) is 0 Å². The zero-order valence-electron chi connectivity index (χ0n) is 13.8. The molecule has 0 heterocycles. The molecule has 0 atom stereocenters. The van der Waals surface area contributed by atoms with Gasteiger partial charge in [-0.15, -0.1) is 0 Å². The van der Waals surface area contributed by atoms with Crippen LogP contribution in [0.3, 0.4) is 0 Å². The molecule has 3 N–H and O–H groups in total. The smallest absolute Gasteiger partial charge is 0.191 e. The predicted molar refractivity (Wildman–Crippen MR) is 92.7 cm³/mol. The lowest BCUT2D eigenvalue weighted by atomic mass is 10.2. The molecule has 0 fully saturated rings. The highest BCUT2D eigenvalue weighted by molar-refractivity contribution is 5.79. The molecule has 0 radical (unpaired) electrons. The summed E-state index contributed by atoms with van der Waals surface area (Å²) in [7, 11) is 1.63. The number of aliphatic imine (C=N–C) groups is 1. The number of rotatable bonds is 6. The van der Waals surface area contributed by atoms with Crippen molar-refractivity contribution in [3.05, 3.63) is 59.4 Å². The van der Waals surface area contributed by atoms with Crippen LogP contribution in [0.2, 0.25) is 0 Å². The van der Waals surface area contributed by atoms with Gasteiger partial charge in [0.25, 0.3) is 0 Å². The molecular formula is C18H22FN3O2. The van der Waals surface area contributed by atoms with E-state index in [1.807, 2.05) is 31.2 Å². The number of nitrogens with zero attached hydrogens (tertiary/aromatic N) is 1. The van der Waals surface area contributed by atoms with Crippen LogP contribution < -0.4 is 15.4 Å². The maximum Gasteiger partial charge on any atom is 0.191 e. The third-order valence-corrected chi connectivity index (χ3v) is 3.40. The van der Waals surface area contributed by atoms with E-state index in [2.05, 4.69) is 15.6 Å². The van der Waals surface area contributed by atoms with Crippen molar-refractivity contribution in [3.8, 4) is 11.5 Å². The summed E-state index contributed by atoms with van der Waals surface area (Å²) in [4.78, 5) is 4.42. The highest BCUT2D eigenvalue weighted by Crippen LogP contribution is 2.16. The Hall–Kier alpha value is -2.76. The average molecular weight is 331 g/mol. The quantitative estimate of drug-likeness (QED) is 0.562. The number of benzene rings is 2. The number of hydrogen-bond acceptors (Lipinski definition) is 3. The summed E-state index contributed by atoms with van der Waals surface area (Å²) in [6.45, 7) is 3.62. The molecule has 0 amide bonds. The molecule has 0 aliphatic heterocycles. The minimum absolute atomic E-state index is 0.315. The Bertz CT molecular complexity index is 687. The number of methoxy groups -OCH3 is 1. The normalized spacial score (nSPS) is 11.2. The zero-order chi connectivity index (χ0) is 17.4. The third-order valence-electron chi connectivity index (χ3n) is 3.40. The van der Waals surface area contributed by atoms with Gasteiger partial charge in [-0.25, -0.2) is 9.38 Å². The predicted octanol–water partition coefficient (Wildman–Crippen LogP) is 2.80. The first kappa shape index (κ1) is 17.6. The SMILES string of the molecule is CCNC(=NCc1ccc(O)c(F)c1)NCc1ccc(OC)cc1. The van der Waals surface area contributed by atoms with E-state index in [1.165, 1.54) is 12.1 Å². The molecule has 24 heavy (non-hydrogen) atoms. The Morgan fingerprint density at radius 2 is 1.83 bits per heavy atom. The lowest BCUT2D eigenvalue weighted by Crippen LogP contribution is -2.36. The second-order valence-electron chi connectivity index (χ2n) is 5.18. The van der Waals surface area contributed by atoms with Crippen LogP contribution in [-0.4, -0.2) is 24.7 Å². The van der Waals surface area contributed by atoms with Crippen LogP contribution in [0.25, 0.3) is 0 Å². The highest BCUT2D eigenvalue weighted by atomic mass is 19.1. The molecule has 0 unspecified atom stereocenters. The highest BCUT2D eigenvalue weighted by Gasteiger charge is 2.03. The Kier molecular flexibility index (Phi) is 6.42. The zero-order valence-corrected chi connectivity index (χ0v) is 13.8. The second kappa shape index (κ2) is 8.76. The fourth-order valence-corrected chi connectivity index (χ4v) is 2.09. The molecule has 128 valence electrons. The summed E-state index contributed by atoms with van der Waals surface area (Å²) < 4.78 is 18.5. The topological polar surface area (TPSA) is 65.9 Å². The van der Waals surface area contributed by atoms with E-state index in [0.717, 1.165) is 17.9 Å². The molecule has 5 nitrogen and oxygen atoms in total. The Balaban J connectivity index is 1.97. The second-order valence-corrected chi connectivity index (χ2v) is 5.18. The summed E-state index contributed by atoms with van der Waals surface area (Å²) in [6.07, 6.45) is 0. The van der Waals surface area contributed by atoms with Gasteiger partial charge in [0.05, 0.1) is 13.7 Å². The Labute approximate surface area is 141 Å². The summed E-state index contributed by atoms with van der Waals surface area (Å²) in [5, 5.41) is 15.6. The summed E-state index contributed by atoms with van der Waals surface area (Å²) in [6, 6.07) is 12.0. The van der Waals surface area contributed by atoms with Crippen molar-refractivity contribution in [1.29, 1.82) is 0 Å². The lowest BCUT2D eigenvalue weighted by molar-refractivity contribution is 0.414. The van der Waals surface area contributed by atoms with E-state index < -0.39 is 5.82 Å². The van der Waals surface area contributed by atoms with Gasteiger partial charge in [0.15, 0.2) is 17.5 Å². The number of ether oxygens (including phenoxy) is 1. The summed E-state index contributed by atoms with van der Waals surface area (Å²) in [5.74, 6) is 0.460. The monoisotopic (exact) mass is 331 g/mol. The maximum absolute atomic E-state index is 13.3. The number of hydrogen-bond donors (Lipinski definition) is 3. The van der Waals surface area contributed by atoms with E-state index in [4.69, 9.17) is 4.74 Å². The van der Waals surface area contributed by atoms with Gasteiger partial charge in [-0.3, -0.25) is 0 Å². The summed E-state index contributed by atoms with van der Waals surface area (Å²) in [5.41, 5.74) is 1.78. The van der Waals surface area contributed by atoms with E-state index in [9.17, 15) is 9.50 Å². The van der Waals surface area contributed by atoms with E-state index in [0.29, 0.717) is 24.6 Å². The van der Waals surface area contributed by atoms with Crippen molar-refractivity contribution < 1.29 is 14.2 Å². The van der Waals surface area contributed by atoms with Crippen LogP contribution in [0.4, 0.5) is 4.39 Å². The van der Waals surface area contributed by atoms with Gasteiger partial charge >= 0.3 is 0 Å². The first-order valence-electron chi connectivity index (χ1n) is 7.75. The molecular weight excluding hydrogens is 309 g/mol. The number of guanidine groups is 1. The molecule has 0 spiro atoms. The molecule has 0 saturated carbocycles. The molecule has 0 aliphatic rings. The maximum atomic E-state index is 13.3. The standard InChI is InChI=1S/C18H22FN3O2/c1-3-20-18(21-11-13-4-7-15(24-2)8-5-13)22-12-14-6-9-17(23)16(19)10-14/h4-10,23H,3,11-12H2,1-2H3,(H2,20,21,22). The van der Waals surface area contributed by atoms with Crippen LogP contribution in [0, 0.1) is 5.82 Å². The number of halogens is 1. The van der Waals surface area contributed by atoms with Crippen molar-refractivity contribution >= 4 is 5.96 Å². The minimum atomic E-state index is -0.640. The van der Waals surface area contributed by atoms with Crippen LogP contribution in [0.1, 0.15) is 18.1 Å². The molecule has 2 aromatic rings. The van der Waals surface area contributed by atoms with Gasteiger partial charge in [-0.1, -0.05) is 18.2 Å². The Morgan fingerprint density at radius 1 is 1.12 bits per heavy atom. The van der Waals surface area contributed by atoms with Crippen LogP contribution in [0.15, 0.2) is 47.5 Å². The van der Waals surface area contributed by atoms with Gasteiger partial charge < -0.3 is 20.5 Å². The number of phenols is 1. The first-order chi connectivity index (χ1) is 11.6. The number of aromatic hydroxyl groups is 1. The van der Waals surface area contributed by atoms with Crippen LogP contribution >= 0.6 is 0 Å². The molecule has 6 heteroatoms. The number of nitrogens with one attached hydrogen (secondary N) is 2. The molecule has 0 aromatic heterocycles. The summed E-state index contributed by atoms with van der Waals surface area (Å²) >= 11 is 0. The van der Waals surface area contributed by atoms with Crippen molar-refractivity contribution in [2.24, 2.45) is 4.99 Å². The first-order valence-corrected chi connectivity index (χ1v) is 7.75. The molecule has 0 bridgehead atoms. The van der Waals surface area contributed by atoms with Crippen molar-refractivity contribution in [2.45, 2.75) is 20.0 Å². The third kappa shape index (κ3) is 5.15. The van der Waals surface area contributed by atoms with Gasteiger partial charge in [-0.2, -0.15) is 0 Å². The molecule has 0 saturated heterocycles. The largest absolute Gasteiger partial charge is 0.505 e. The fourth-order valence-electron chi connectivity index (χ4n) is 2.09. The van der Waals surface area contributed by atoms with Gasteiger partial charge in [0, 0.05) is 13.1 Å². The van der Waals surface area contributed by atoms with Gasteiger partial charge in [-0.05, 0) is 42.3 Å². The van der Waals surface area contributed by atoms with E-state index in [-0.39, 0.29) is 5.75 Å². The van der Waals surface area contributed by atoms with Gasteiger partial charge in [0.1, 0.15) is 5.75 Å². The molecule has 2 rings (SSSR count). The van der Waals surface area contributed by atoms with Crippen molar-refractivity contribution in [1.82, 2.24) is 10.6 Å².